The Morgan fingerprint density at radius 3 is 2.78 bits per heavy atom. The second-order valence-electron chi connectivity index (χ2n) is 4.42. The molecule has 0 radical (unpaired) electrons. The summed E-state index contributed by atoms with van der Waals surface area (Å²) in [5, 5.41) is 11.7. The van der Waals surface area contributed by atoms with Crippen LogP contribution in [0.25, 0.3) is 11.3 Å². The van der Waals surface area contributed by atoms with Gasteiger partial charge in [0.15, 0.2) is 5.13 Å². The van der Waals surface area contributed by atoms with Crippen molar-refractivity contribution in [3.05, 3.63) is 61.8 Å². The maximum Gasteiger partial charge on any atom is 0.277 e. The molecule has 0 aliphatic heterocycles. The number of aromatic nitrogens is 3. The first kappa shape index (κ1) is 15.7. The molecule has 6 nitrogen and oxygen atoms in total. The number of aromatic amines is 1. The van der Waals surface area contributed by atoms with Crippen LogP contribution in [0.3, 0.4) is 0 Å². The van der Waals surface area contributed by atoms with Gasteiger partial charge in [-0.3, -0.25) is 14.9 Å². The van der Waals surface area contributed by atoms with Gasteiger partial charge in [-0.1, -0.05) is 23.2 Å². The van der Waals surface area contributed by atoms with E-state index in [9.17, 15) is 9.59 Å². The summed E-state index contributed by atoms with van der Waals surface area (Å²) in [5.41, 5.74) is 0.987. The summed E-state index contributed by atoms with van der Waals surface area (Å²) in [7, 11) is 0. The minimum Gasteiger partial charge on any atom is -0.296 e. The number of carbonyl (C=O) groups is 1. The maximum atomic E-state index is 12.0. The van der Waals surface area contributed by atoms with Crippen molar-refractivity contribution in [1.29, 1.82) is 0 Å². The van der Waals surface area contributed by atoms with Crippen LogP contribution in [-0.2, 0) is 0 Å². The molecule has 2 aromatic heterocycles. The molecule has 116 valence electrons. The predicted octanol–water partition coefficient (Wildman–Crippen LogP) is 3.45. The fourth-order valence-electron chi connectivity index (χ4n) is 1.78. The summed E-state index contributed by atoms with van der Waals surface area (Å²) in [6, 6.07) is 7.62. The lowest BCUT2D eigenvalue weighted by atomic mass is 10.2. The van der Waals surface area contributed by atoms with Gasteiger partial charge in [-0.05, 0) is 24.3 Å². The van der Waals surface area contributed by atoms with Crippen LogP contribution in [0.2, 0.25) is 10.0 Å². The van der Waals surface area contributed by atoms with Gasteiger partial charge in [0.1, 0.15) is 5.69 Å². The Kier molecular flexibility index (Phi) is 4.42. The molecule has 0 bridgehead atoms. The average molecular weight is 367 g/mol. The fraction of sp³-hybridized carbons (Fsp3) is 0. The van der Waals surface area contributed by atoms with Crippen molar-refractivity contribution < 1.29 is 4.79 Å². The van der Waals surface area contributed by atoms with Crippen LogP contribution < -0.4 is 10.9 Å². The van der Waals surface area contributed by atoms with E-state index in [2.05, 4.69) is 20.5 Å². The van der Waals surface area contributed by atoms with E-state index in [0.717, 1.165) is 0 Å². The average Bonchev–Trinajstić information content (AvgIpc) is 2.98. The maximum absolute atomic E-state index is 12.0. The summed E-state index contributed by atoms with van der Waals surface area (Å²) in [6.45, 7) is 0. The molecule has 2 N–H and O–H groups in total. The Morgan fingerprint density at radius 1 is 1.22 bits per heavy atom. The number of rotatable bonds is 3. The van der Waals surface area contributed by atoms with E-state index in [0.29, 0.717) is 26.4 Å². The molecule has 0 atom stereocenters. The van der Waals surface area contributed by atoms with Gasteiger partial charge in [0.25, 0.3) is 11.5 Å². The predicted molar refractivity (Wildman–Crippen MR) is 90.4 cm³/mol. The molecule has 1 aromatic carbocycles. The van der Waals surface area contributed by atoms with Gasteiger partial charge in [0.05, 0.1) is 10.7 Å². The second kappa shape index (κ2) is 6.49. The Morgan fingerprint density at radius 2 is 2.04 bits per heavy atom. The molecule has 2 heterocycles. The molecule has 0 unspecified atom stereocenters. The number of halogens is 2. The standard InChI is InChI=1S/C14H8Cl2N4O2S/c15-7-1-2-9(16)8(5-7)11-6-23-14(17-11)18-13(22)10-3-4-12(21)20-19-10/h1-6H,(H,20,21)(H,17,18,22). The van der Waals surface area contributed by atoms with E-state index in [1.54, 1.807) is 23.6 Å². The zero-order chi connectivity index (χ0) is 16.4. The lowest BCUT2D eigenvalue weighted by Crippen LogP contribution is -2.17. The smallest absolute Gasteiger partial charge is 0.277 e. The number of hydrogen-bond donors (Lipinski definition) is 2. The monoisotopic (exact) mass is 366 g/mol. The van der Waals surface area contributed by atoms with E-state index in [4.69, 9.17) is 23.2 Å². The van der Waals surface area contributed by atoms with Gasteiger partial charge in [0, 0.05) is 22.0 Å². The number of hydrogen-bond acceptors (Lipinski definition) is 5. The minimum absolute atomic E-state index is 0.0853. The molecule has 9 heteroatoms. The van der Waals surface area contributed by atoms with Crippen molar-refractivity contribution in [3.8, 4) is 11.3 Å². The van der Waals surface area contributed by atoms with Crippen LogP contribution >= 0.6 is 34.5 Å². The molecule has 0 saturated carbocycles. The van der Waals surface area contributed by atoms with E-state index in [-0.39, 0.29) is 11.3 Å². The van der Waals surface area contributed by atoms with Crippen molar-refractivity contribution in [2.75, 3.05) is 5.32 Å². The molecule has 3 rings (SSSR count). The summed E-state index contributed by atoms with van der Waals surface area (Å²) >= 11 is 13.3. The number of benzene rings is 1. The van der Waals surface area contributed by atoms with Crippen molar-refractivity contribution in [1.82, 2.24) is 15.2 Å². The van der Waals surface area contributed by atoms with Gasteiger partial charge >= 0.3 is 0 Å². The summed E-state index contributed by atoms with van der Waals surface area (Å²) in [4.78, 5) is 27.3. The highest BCUT2D eigenvalue weighted by Gasteiger charge is 2.13. The molecule has 0 saturated heterocycles. The van der Waals surface area contributed by atoms with Crippen molar-refractivity contribution in [3.63, 3.8) is 0 Å². The molecule has 0 aliphatic carbocycles. The topological polar surface area (TPSA) is 87.7 Å². The Hall–Kier alpha value is -2.22. The van der Waals surface area contributed by atoms with Crippen LogP contribution in [0.15, 0.2) is 40.5 Å². The summed E-state index contributed by atoms with van der Waals surface area (Å²) in [5.74, 6) is -0.473. The molecule has 0 fully saturated rings. The second-order valence-corrected chi connectivity index (χ2v) is 6.12. The zero-order valence-electron chi connectivity index (χ0n) is 11.3. The molecule has 3 aromatic rings. The zero-order valence-corrected chi connectivity index (χ0v) is 13.7. The summed E-state index contributed by atoms with van der Waals surface area (Å²) in [6.07, 6.45) is 0. The van der Waals surface area contributed by atoms with Crippen LogP contribution in [-0.4, -0.2) is 21.1 Å². The minimum atomic E-state index is -0.473. The number of nitrogens with one attached hydrogen (secondary N) is 2. The number of nitrogens with zero attached hydrogens (tertiary/aromatic N) is 2. The van der Waals surface area contributed by atoms with Crippen molar-refractivity contribution >= 4 is 45.6 Å². The third-order valence-electron chi connectivity index (χ3n) is 2.84. The quantitative estimate of drug-likeness (QED) is 0.742. The lowest BCUT2D eigenvalue weighted by Gasteiger charge is -2.02. The van der Waals surface area contributed by atoms with E-state index in [1.807, 2.05) is 0 Å². The third kappa shape index (κ3) is 3.58. The molecule has 0 aliphatic rings. The first-order chi connectivity index (χ1) is 11.0. The molecular formula is C14H8Cl2N4O2S. The number of H-pyrrole nitrogens is 1. The normalized spacial score (nSPS) is 10.5. The van der Waals surface area contributed by atoms with Crippen LogP contribution in [0.5, 0.6) is 0 Å². The van der Waals surface area contributed by atoms with Crippen LogP contribution in [0.1, 0.15) is 10.5 Å². The first-order valence-electron chi connectivity index (χ1n) is 6.31. The van der Waals surface area contributed by atoms with E-state index >= 15 is 0 Å². The lowest BCUT2D eigenvalue weighted by molar-refractivity contribution is 0.102. The SMILES string of the molecule is O=C(Nc1nc(-c2cc(Cl)ccc2Cl)cs1)c1ccc(=O)[nH]n1. The van der Waals surface area contributed by atoms with Crippen LogP contribution in [0, 0.1) is 0 Å². The number of carbonyl (C=O) groups excluding carboxylic acids is 1. The highest BCUT2D eigenvalue weighted by molar-refractivity contribution is 7.14. The Bertz CT molecular complexity index is 918. The van der Waals surface area contributed by atoms with Crippen LogP contribution in [0.4, 0.5) is 5.13 Å². The van der Waals surface area contributed by atoms with Gasteiger partial charge in [0.2, 0.25) is 0 Å². The molecule has 23 heavy (non-hydrogen) atoms. The highest BCUT2D eigenvalue weighted by atomic mass is 35.5. The largest absolute Gasteiger partial charge is 0.296 e. The number of amides is 1. The Labute approximate surface area is 144 Å². The van der Waals surface area contributed by atoms with E-state index in [1.165, 1.54) is 23.5 Å². The molecule has 1 amide bonds. The number of thiazole rings is 1. The number of anilines is 1. The van der Waals surface area contributed by atoms with Gasteiger partial charge < -0.3 is 0 Å². The van der Waals surface area contributed by atoms with E-state index < -0.39 is 5.91 Å². The van der Waals surface area contributed by atoms with Crippen molar-refractivity contribution in [2.45, 2.75) is 0 Å². The van der Waals surface area contributed by atoms with Crippen molar-refractivity contribution in [2.24, 2.45) is 0 Å². The summed E-state index contributed by atoms with van der Waals surface area (Å²) < 4.78 is 0. The van der Waals surface area contributed by atoms with Gasteiger partial charge in [-0.2, -0.15) is 5.10 Å². The highest BCUT2D eigenvalue weighted by Crippen LogP contribution is 2.32. The molecular weight excluding hydrogens is 359 g/mol. The first-order valence-corrected chi connectivity index (χ1v) is 7.94. The molecule has 0 spiro atoms. The third-order valence-corrected chi connectivity index (χ3v) is 4.16. The Balaban J connectivity index is 1.82. The fourth-order valence-corrected chi connectivity index (χ4v) is 2.87. The van der Waals surface area contributed by atoms with Gasteiger partial charge in [-0.15, -0.1) is 11.3 Å². The van der Waals surface area contributed by atoms with Gasteiger partial charge in [-0.25, -0.2) is 10.1 Å².